The minimum atomic E-state index is -4.47. The number of nitro benzene ring substituents is 1. The van der Waals surface area contributed by atoms with Crippen LogP contribution < -0.4 is 0 Å². The predicted molar refractivity (Wildman–Crippen MR) is 55.6 cm³/mol. The van der Waals surface area contributed by atoms with Crippen LogP contribution in [0.4, 0.5) is 18.9 Å². The lowest BCUT2D eigenvalue weighted by atomic mass is 10.1. The van der Waals surface area contributed by atoms with Crippen LogP contribution in [0, 0.1) is 20.6 Å². The zero-order valence-electron chi connectivity index (χ0n) is 7.43. The van der Waals surface area contributed by atoms with E-state index in [1.54, 1.807) is 0 Å². The third-order valence-electron chi connectivity index (χ3n) is 1.80. The Balaban J connectivity index is 3.39. The van der Waals surface area contributed by atoms with E-state index in [-0.39, 0.29) is 14.8 Å². The zero-order valence-corrected chi connectivity index (χ0v) is 9.59. The van der Waals surface area contributed by atoms with Crippen molar-refractivity contribution in [2.24, 2.45) is 0 Å². The van der Waals surface area contributed by atoms with Crippen LogP contribution in [-0.2, 0) is 6.18 Å². The molecule has 0 aromatic heterocycles. The first-order valence-electron chi connectivity index (χ1n) is 3.75. The SMILES string of the molecule is Cc1cc([N+](=O)[O-])c(I)cc1C(F)(F)F. The predicted octanol–water partition coefficient (Wildman–Crippen LogP) is 3.53. The summed E-state index contributed by atoms with van der Waals surface area (Å²) in [6, 6.07) is 1.72. The number of alkyl halides is 3. The topological polar surface area (TPSA) is 43.1 Å². The van der Waals surface area contributed by atoms with Gasteiger partial charge in [-0.1, -0.05) is 0 Å². The lowest BCUT2D eigenvalue weighted by Crippen LogP contribution is -2.08. The van der Waals surface area contributed by atoms with Crippen molar-refractivity contribution in [1.29, 1.82) is 0 Å². The number of hydrogen-bond acceptors (Lipinski definition) is 2. The second kappa shape index (κ2) is 3.95. The Hall–Kier alpha value is -0.860. The summed E-state index contributed by atoms with van der Waals surface area (Å²) in [4.78, 5) is 9.75. The normalized spacial score (nSPS) is 11.5. The summed E-state index contributed by atoms with van der Waals surface area (Å²) in [7, 11) is 0. The quantitative estimate of drug-likeness (QED) is 0.449. The van der Waals surface area contributed by atoms with Crippen molar-refractivity contribution in [1.82, 2.24) is 0 Å². The molecule has 0 radical (unpaired) electrons. The van der Waals surface area contributed by atoms with Crippen molar-refractivity contribution in [3.63, 3.8) is 0 Å². The molecule has 0 aliphatic rings. The van der Waals surface area contributed by atoms with E-state index in [9.17, 15) is 23.3 Å². The molecule has 0 atom stereocenters. The Morgan fingerprint density at radius 2 is 1.93 bits per heavy atom. The maximum Gasteiger partial charge on any atom is 0.416 e. The Morgan fingerprint density at radius 3 is 2.33 bits per heavy atom. The molecule has 3 nitrogen and oxygen atoms in total. The van der Waals surface area contributed by atoms with Gasteiger partial charge in [0.05, 0.1) is 14.1 Å². The molecule has 0 N–H and O–H groups in total. The summed E-state index contributed by atoms with van der Waals surface area (Å²) in [5, 5.41) is 10.5. The second-order valence-electron chi connectivity index (χ2n) is 2.87. The number of benzene rings is 1. The molecule has 1 aromatic carbocycles. The van der Waals surface area contributed by atoms with Gasteiger partial charge in [0.15, 0.2) is 0 Å². The first-order chi connectivity index (χ1) is 6.73. The van der Waals surface area contributed by atoms with Gasteiger partial charge in [0.1, 0.15) is 0 Å². The number of nitrogens with zero attached hydrogens (tertiary/aromatic N) is 1. The number of halogens is 4. The average molecular weight is 331 g/mol. The van der Waals surface area contributed by atoms with Gasteiger partial charge in [-0.3, -0.25) is 10.1 Å². The monoisotopic (exact) mass is 331 g/mol. The van der Waals surface area contributed by atoms with Crippen LogP contribution >= 0.6 is 22.6 Å². The molecule has 1 aromatic rings. The lowest BCUT2D eigenvalue weighted by molar-refractivity contribution is -0.385. The fourth-order valence-corrected chi connectivity index (χ4v) is 1.78. The third kappa shape index (κ3) is 2.58. The maximum absolute atomic E-state index is 12.4. The third-order valence-corrected chi connectivity index (χ3v) is 2.66. The summed E-state index contributed by atoms with van der Waals surface area (Å²) in [5.41, 5.74) is -1.28. The van der Waals surface area contributed by atoms with Gasteiger partial charge < -0.3 is 0 Å². The Morgan fingerprint density at radius 1 is 1.40 bits per heavy atom. The second-order valence-corrected chi connectivity index (χ2v) is 4.04. The number of rotatable bonds is 1. The zero-order chi connectivity index (χ0) is 11.8. The Bertz CT molecular complexity index is 417. The number of hydrogen-bond donors (Lipinski definition) is 0. The summed E-state index contributed by atoms with van der Waals surface area (Å²) >= 11 is 1.52. The summed E-state index contributed by atoms with van der Waals surface area (Å²) in [5.74, 6) is 0. The fraction of sp³-hybridized carbons (Fsp3) is 0.250. The van der Waals surface area contributed by atoms with E-state index in [0.717, 1.165) is 12.1 Å². The van der Waals surface area contributed by atoms with Gasteiger partial charge in [-0.15, -0.1) is 0 Å². The van der Waals surface area contributed by atoms with Crippen molar-refractivity contribution in [2.75, 3.05) is 0 Å². The van der Waals surface area contributed by atoms with Gasteiger partial charge in [-0.05, 0) is 41.1 Å². The van der Waals surface area contributed by atoms with Gasteiger partial charge in [0.2, 0.25) is 0 Å². The van der Waals surface area contributed by atoms with Crippen molar-refractivity contribution in [2.45, 2.75) is 13.1 Å². The van der Waals surface area contributed by atoms with Gasteiger partial charge in [0, 0.05) is 6.07 Å². The molecule has 0 fully saturated rings. The number of nitro groups is 1. The maximum atomic E-state index is 12.4. The van der Waals surface area contributed by atoms with E-state index >= 15 is 0 Å². The number of aryl methyl sites for hydroxylation is 1. The van der Waals surface area contributed by atoms with Crippen molar-refractivity contribution in [3.8, 4) is 0 Å². The summed E-state index contributed by atoms with van der Waals surface area (Å²) < 4.78 is 37.1. The minimum Gasteiger partial charge on any atom is -0.258 e. The molecule has 0 spiro atoms. The standard InChI is InChI=1S/C8H5F3INO2/c1-4-2-7(13(14)15)6(12)3-5(4)8(9,10)11/h2-3H,1H3. The molecule has 0 unspecified atom stereocenters. The Kier molecular flexibility index (Phi) is 3.22. The molecule has 0 saturated heterocycles. The highest BCUT2D eigenvalue weighted by molar-refractivity contribution is 14.1. The van der Waals surface area contributed by atoms with Crippen LogP contribution in [0.3, 0.4) is 0 Å². The van der Waals surface area contributed by atoms with Gasteiger partial charge in [0.25, 0.3) is 5.69 Å². The van der Waals surface area contributed by atoms with Crippen LogP contribution in [0.1, 0.15) is 11.1 Å². The van der Waals surface area contributed by atoms with E-state index in [1.807, 2.05) is 0 Å². The summed E-state index contributed by atoms with van der Waals surface area (Å²) in [6.07, 6.45) is -4.47. The first kappa shape index (κ1) is 12.2. The molecule has 0 aliphatic heterocycles. The van der Waals surface area contributed by atoms with Gasteiger partial charge in [-0.2, -0.15) is 13.2 Å². The molecule has 1 rings (SSSR count). The minimum absolute atomic E-state index is 0.0180. The largest absolute Gasteiger partial charge is 0.416 e. The van der Waals surface area contributed by atoms with Gasteiger partial charge in [-0.25, -0.2) is 0 Å². The molecule has 0 heterocycles. The summed E-state index contributed by atoms with van der Waals surface area (Å²) in [6.45, 7) is 1.20. The van der Waals surface area contributed by atoms with Crippen LogP contribution in [0.25, 0.3) is 0 Å². The highest BCUT2D eigenvalue weighted by Gasteiger charge is 2.34. The van der Waals surface area contributed by atoms with E-state index < -0.39 is 16.7 Å². The van der Waals surface area contributed by atoms with Crippen LogP contribution in [0.5, 0.6) is 0 Å². The first-order valence-corrected chi connectivity index (χ1v) is 4.83. The lowest BCUT2D eigenvalue weighted by Gasteiger charge is -2.10. The van der Waals surface area contributed by atoms with Crippen LogP contribution in [-0.4, -0.2) is 4.92 Å². The smallest absolute Gasteiger partial charge is 0.258 e. The van der Waals surface area contributed by atoms with Crippen LogP contribution in [0.15, 0.2) is 12.1 Å². The Labute approximate surface area is 96.6 Å². The highest BCUT2D eigenvalue weighted by atomic mass is 127. The molecule has 0 aliphatic carbocycles. The molecule has 0 bridgehead atoms. The molecular formula is C8H5F3INO2. The van der Waals surface area contributed by atoms with Gasteiger partial charge >= 0.3 is 6.18 Å². The highest BCUT2D eigenvalue weighted by Crippen LogP contribution is 2.35. The van der Waals surface area contributed by atoms with E-state index in [4.69, 9.17) is 0 Å². The average Bonchev–Trinajstić information content (AvgIpc) is 2.06. The molecule has 82 valence electrons. The van der Waals surface area contributed by atoms with E-state index in [0.29, 0.717) is 0 Å². The van der Waals surface area contributed by atoms with E-state index in [1.165, 1.54) is 29.5 Å². The van der Waals surface area contributed by atoms with Crippen molar-refractivity contribution < 1.29 is 18.1 Å². The van der Waals surface area contributed by atoms with Crippen molar-refractivity contribution >= 4 is 28.3 Å². The fourth-order valence-electron chi connectivity index (χ4n) is 1.11. The molecule has 0 saturated carbocycles. The van der Waals surface area contributed by atoms with Crippen LogP contribution in [0.2, 0.25) is 0 Å². The molecule has 7 heteroatoms. The van der Waals surface area contributed by atoms with E-state index in [2.05, 4.69) is 0 Å². The molecular weight excluding hydrogens is 326 g/mol. The molecule has 15 heavy (non-hydrogen) atoms. The van der Waals surface area contributed by atoms with Crippen molar-refractivity contribution in [3.05, 3.63) is 36.9 Å². The molecule has 0 amide bonds.